The summed E-state index contributed by atoms with van der Waals surface area (Å²) in [7, 11) is 0. The zero-order chi connectivity index (χ0) is 11.3. The lowest BCUT2D eigenvalue weighted by molar-refractivity contribution is -0.117. The molecule has 0 atom stereocenters. The molecule has 82 valence electrons. The van der Waals surface area contributed by atoms with Gasteiger partial charge < -0.3 is 11.1 Å². The average molecular weight is 210 g/mol. The minimum Gasteiger partial charge on any atom is -0.370 e. The number of halogens is 1. The van der Waals surface area contributed by atoms with Crippen LogP contribution in [-0.4, -0.2) is 12.5 Å². The van der Waals surface area contributed by atoms with Gasteiger partial charge in [-0.2, -0.15) is 0 Å². The third-order valence-electron chi connectivity index (χ3n) is 2.06. The molecule has 0 aromatic heterocycles. The highest BCUT2D eigenvalue weighted by molar-refractivity contribution is 5.73. The fourth-order valence-electron chi connectivity index (χ4n) is 1.27. The molecule has 0 aliphatic rings. The van der Waals surface area contributed by atoms with Crippen LogP contribution in [0.5, 0.6) is 0 Å². The van der Waals surface area contributed by atoms with Gasteiger partial charge in [-0.1, -0.05) is 17.7 Å². The normalized spacial score (nSPS) is 10.3. The number of hydrogen-bond donors (Lipinski definition) is 2. The van der Waals surface area contributed by atoms with Gasteiger partial charge in [0, 0.05) is 25.1 Å². The van der Waals surface area contributed by atoms with E-state index < -0.39 is 0 Å². The van der Waals surface area contributed by atoms with Crippen molar-refractivity contribution < 1.29 is 9.18 Å². The van der Waals surface area contributed by atoms with Crippen LogP contribution in [0.4, 0.5) is 4.39 Å². The molecule has 1 aromatic rings. The monoisotopic (exact) mass is 210 g/mol. The molecule has 1 aromatic carbocycles. The predicted octanol–water partition coefficient (Wildman–Crippen LogP) is 1.10. The zero-order valence-corrected chi connectivity index (χ0v) is 8.72. The molecule has 3 nitrogen and oxygen atoms in total. The highest BCUT2D eigenvalue weighted by Gasteiger charge is 2.01. The van der Waals surface area contributed by atoms with Gasteiger partial charge in [-0.3, -0.25) is 4.79 Å². The largest absolute Gasteiger partial charge is 0.370 e. The lowest BCUT2D eigenvalue weighted by Crippen LogP contribution is -2.22. The van der Waals surface area contributed by atoms with Crippen molar-refractivity contribution in [1.82, 2.24) is 5.32 Å². The minimum atomic E-state index is -0.354. The van der Waals surface area contributed by atoms with Crippen LogP contribution in [0.1, 0.15) is 17.5 Å². The number of hydrogen-bond acceptors (Lipinski definition) is 2. The molecule has 15 heavy (non-hydrogen) atoms. The molecule has 0 aliphatic heterocycles. The quantitative estimate of drug-likeness (QED) is 0.715. The maximum absolute atomic E-state index is 13.2. The van der Waals surface area contributed by atoms with Gasteiger partial charge in [0.2, 0.25) is 5.91 Å². The molecule has 3 N–H and O–H groups in total. The molecule has 0 saturated heterocycles. The van der Waals surface area contributed by atoms with E-state index in [-0.39, 0.29) is 18.1 Å². The summed E-state index contributed by atoms with van der Waals surface area (Å²) in [5.41, 5.74) is 6.60. The summed E-state index contributed by atoms with van der Waals surface area (Å²) in [5, 5.41) is 2.96. The molecular weight excluding hydrogens is 195 g/mol. The summed E-state index contributed by atoms with van der Waals surface area (Å²) in [6, 6.07) is 4.95. The lowest BCUT2D eigenvalue weighted by Gasteiger charge is -2.05. The van der Waals surface area contributed by atoms with E-state index in [1.54, 1.807) is 12.1 Å². The highest BCUT2D eigenvalue weighted by Crippen LogP contribution is 2.09. The summed E-state index contributed by atoms with van der Waals surface area (Å²) in [4.78, 5) is 10.4. The Morgan fingerprint density at radius 1 is 1.53 bits per heavy atom. The van der Waals surface area contributed by atoms with Crippen LogP contribution in [0.3, 0.4) is 0 Å². The van der Waals surface area contributed by atoms with Crippen LogP contribution < -0.4 is 11.1 Å². The van der Waals surface area contributed by atoms with Crippen LogP contribution in [0.15, 0.2) is 18.2 Å². The fourth-order valence-corrected chi connectivity index (χ4v) is 1.27. The van der Waals surface area contributed by atoms with Crippen molar-refractivity contribution >= 4 is 5.91 Å². The zero-order valence-electron chi connectivity index (χ0n) is 8.72. The number of amides is 1. The van der Waals surface area contributed by atoms with Gasteiger partial charge in [-0.15, -0.1) is 0 Å². The van der Waals surface area contributed by atoms with E-state index in [2.05, 4.69) is 5.32 Å². The molecule has 1 amide bonds. The Kier molecular flexibility index (Phi) is 4.24. The summed E-state index contributed by atoms with van der Waals surface area (Å²) < 4.78 is 13.2. The molecule has 1 rings (SSSR count). The van der Waals surface area contributed by atoms with Crippen LogP contribution in [0, 0.1) is 12.7 Å². The Morgan fingerprint density at radius 2 is 2.27 bits per heavy atom. The van der Waals surface area contributed by atoms with Gasteiger partial charge in [0.05, 0.1) is 0 Å². The van der Waals surface area contributed by atoms with E-state index in [0.29, 0.717) is 18.7 Å². The molecule has 0 saturated carbocycles. The SMILES string of the molecule is Cc1ccc(F)c(CNCCC(N)=O)c1. The van der Waals surface area contributed by atoms with E-state index in [1.165, 1.54) is 6.07 Å². The number of carbonyl (C=O) groups is 1. The van der Waals surface area contributed by atoms with Gasteiger partial charge in [-0.25, -0.2) is 4.39 Å². The van der Waals surface area contributed by atoms with Gasteiger partial charge in [0.15, 0.2) is 0 Å². The Labute approximate surface area is 88.5 Å². The summed E-state index contributed by atoms with van der Waals surface area (Å²) >= 11 is 0. The maximum atomic E-state index is 13.2. The van der Waals surface area contributed by atoms with Crippen LogP contribution >= 0.6 is 0 Å². The lowest BCUT2D eigenvalue weighted by atomic mass is 10.1. The van der Waals surface area contributed by atoms with E-state index >= 15 is 0 Å². The Morgan fingerprint density at radius 3 is 2.93 bits per heavy atom. The number of aryl methyl sites for hydroxylation is 1. The van der Waals surface area contributed by atoms with Crippen molar-refractivity contribution in [2.75, 3.05) is 6.54 Å². The third kappa shape index (κ3) is 4.08. The topological polar surface area (TPSA) is 55.1 Å². The minimum absolute atomic E-state index is 0.229. The second kappa shape index (κ2) is 5.46. The summed E-state index contributed by atoms with van der Waals surface area (Å²) in [5.74, 6) is -0.584. The number of carbonyl (C=O) groups excluding carboxylic acids is 1. The van der Waals surface area contributed by atoms with Crippen LogP contribution in [-0.2, 0) is 11.3 Å². The first-order valence-corrected chi connectivity index (χ1v) is 4.83. The average Bonchev–Trinajstić information content (AvgIpc) is 2.17. The first-order chi connectivity index (χ1) is 7.09. The third-order valence-corrected chi connectivity index (χ3v) is 2.06. The number of primary amides is 1. The van der Waals surface area contributed by atoms with Crippen molar-refractivity contribution in [2.24, 2.45) is 5.73 Å². The second-order valence-corrected chi connectivity index (χ2v) is 3.49. The van der Waals surface area contributed by atoms with Gasteiger partial charge >= 0.3 is 0 Å². The Bertz CT molecular complexity index is 352. The van der Waals surface area contributed by atoms with E-state index in [9.17, 15) is 9.18 Å². The molecule has 0 bridgehead atoms. The summed E-state index contributed by atoms with van der Waals surface area (Å²) in [6.07, 6.45) is 0.271. The molecule has 4 heteroatoms. The van der Waals surface area contributed by atoms with Crippen molar-refractivity contribution in [3.05, 3.63) is 35.1 Å². The van der Waals surface area contributed by atoms with Gasteiger partial charge in [0.1, 0.15) is 5.82 Å². The van der Waals surface area contributed by atoms with E-state index in [1.807, 2.05) is 6.92 Å². The first-order valence-electron chi connectivity index (χ1n) is 4.83. The van der Waals surface area contributed by atoms with Crippen molar-refractivity contribution in [2.45, 2.75) is 19.9 Å². The first kappa shape index (κ1) is 11.7. The number of benzene rings is 1. The van der Waals surface area contributed by atoms with Gasteiger partial charge in [0.25, 0.3) is 0 Å². The van der Waals surface area contributed by atoms with Gasteiger partial charge in [-0.05, 0) is 13.0 Å². The highest BCUT2D eigenvalue weighted by atomic mass is 19.1. The molecular formula is C11H15FN2O. The Balaban J connectivity index is 2.43. The fraction of sp³-hybridized carbons (Fsp3) is 0.364. The smallest absolute Gasteiger partial charge is 0.218 e. The molecule has 0 heterocycles. The standard InChI is InChI=1S/C11H15FN2O/c1-8-2-3-10(12)9(6-8)7-14-5-4-11(13)15/h2-3,6,14H,4-5,7H2,1H3,(H2,13,15). The molecule has 0 unspecified atom stereocenters. The molecule has 0 fully saturated rings. The Hall–Kier alpha value is -1.42. The van der Waals surface area contributed by atoms with Crippen LogP contribution in [0.2, 0.25) is 0 Å². The summed E-state index contributed by atoms with van der Waals surface area (Å²) in [6.45, 7) is 2.80. The van der Waals surface area contributed by atoms with Crippen molar-refractivity contribution in [1.29, 1.82) is 0 Å². The van der Waals surface area contributed by atoms with Crippen molar-refractivity contribution in [3.63, 3.8) is 0 Å². The molecule has 0 spiro atoms. The van der Waals surface area contributed by atoms with E-state index in [0.717, 1.165) is 5.56 Å². The van der Waals surface area contributed by atoms with Crippen molar-refractivity contribution in [3.8, 4) is 0 Å². The molecule has 0 aliphatic carbocycles. The maximum Gasteiger partial charge on any atom is 0.218 e. The predicted molar refractivity (Wildman–Crippen MR) is 56.7 cm³/mol. The van der Waals surface area contributed by atoms with Crippen LogP contribution in [0.25, 0.3) is 0 Å². The molecule has 0 radical (unpaired) electrons. The number of rotatable bonds is 5. The second-order valence-electron chi connectivity index (χ2n) is 3.49. The number of nitrogens with two attached hydrogens (primary N) is 1. The van der Waals surface area contributed by atoms with E-state index in [4.69, 9.17) is 5.73 Å². The number of nitrogens with one attached hydrogen (secondary N) is 1.